The lowest BCUT2D eigenvalue weighted by Crippen LogP contribution is -2.52. The summed E-state index contributed by atoms with van der Waals surface area (Å²) >= 11 is 0. The number of hydrogen-bond donors (Lipinski definition) is 1. The van der Waals surface area contributed by atoms with E-state index in [0.29, 0.717) is 19.5 Å². The summed E-state index contributed by atoms with van der Waals surface area (Å²) in [5.74, 6) is 0.500. The Morgan fingerprint density at radius 2 is 1.78 bits per heavy atom. The summed E-state index contributed by atoms with van der Waals surface area (Å²) in [5.41, 5.74) is 1.02. The minimum atomic E-state index is -2.41. The van der Waals surface area contributed by atoms with Crippen LogP contribution in [0.2, 0.25) is 18.6 Å². The maximum absolute atomic E-state index is 14.5. The van der Waals surface area contributed by atoms with E-state index in [4.69, 9.17) is 9.47 Å². The molecule has 3 amide bonds. The number of fused-ring (bicyclic) bond motifs is 2. The van der Waals surface area contributed by atoms with E-state index in [-0.39, 0.29) is 48.3 Å². The highest BCUT2D eigenvalue weighted by molar-refractivity contribution is 6.91. The third-order valence-corrected chi connectivity index (χ3v) is 15.7. The van der Waals surface area contributed by atoms with Crippen LogP contribution in [0.15, 0.2) is 42.5 Å². The van der Waals surface area contributed by atoms with Gasteiger partial charge in [-0.2, -0.15) is 0 Å². The fraction of sp³-hybridized carbons (Fsp3) is 0.583. The molecule has 0 bridgehead atoms. The number of likely N-dealkylation sites (tertiary alicyclic amines) is 1. The molecule has 3 saturated heterocycles. The summed E-state index contributed by atoms with van der Waals surface area (Å²) in [4.78, 5) is 47.1. The lowest BCUT2D eigenvalue weighted by atomic mass is 9.82. The summed E-state index contributed by atoms with van der Waals surface area (Å²) in [5, 5.41) is 11.2. The molecular weight excluding hydrogens is 598 g/mol. The standard InChI is InChI=1S/C36H49N3O6Si/c1-24-34(46(4,5)28-16-14-27(44-3)15-17-28)31(22-33(42)39-20-10-11-26(39)23-40)45-36(24)29-21-25(13-18-30(29)37(2)35(36)43)38-19-9-7-6-8-12-32(38)41/h13-18,21,24,26,31,34,40H,6-12,19-20,22-23H2,1-5H3/t24-,26+,31+,34-,36+/m1/s1. The second kappa shape index (κ2) is 12.8. The average molecular weight is 648 g/mol. The van der Waals surface area contributed by atoms with Crippen molar-refractivity contribution in [3.8, 4) is 5.75 Å². The predicted octanol–water partition coefficient (Wildman–Crippen LogP) is 4.56. The monoisotopic (exact) mass is 647 g/mol. The van der Waals surface area contributed by atoms with Crippen LogP contribution in [0.3, 0.4) is 0 Å². The number of anilines is 2. The van der Waals surface area contributed by atoms with Crippen LogP contribution in [0.4, 0.5) is 11.4 Å². The summed E-state index contributed by atoms with van der Waals surface area (Å²) < 4.78 is 12.6. The molecule has 0 aliphatic carbocycles. The molecule has 248 valence electrons. The van der Waals surface area contributed by atoms with Crippen molar-refractivity contribution in [2.45, 2.75) is 94.7 Å². The number of ether oxygens (including phenoxy) is 2. The van der Waals surface area contributed by atoms with E-state index in [0.717, 1.165) is 61.2 Å². The molecule has 0 radical (unpaired) electrons. The Labute approximate surface area is 273 Å². The molecule has 0 aromatic heterocycles. The number of carbonyl (C=O) groups excluding carboxylic acids is 3. The Hall–Kier alpha value is -3.21. The van der Waals surface area contributed by atoms with Gasteiger partial charge in [0, 0.05) is 43.7 Å². The molecule has 2 aromatic carbocycles. The molecule has 4 aliphatic rings. The third-order valence-electron chi connectivity index (χ3n) is 11.4. The zero-order chi connectivity index (χ0) is 32.8. The van der Waals surface area contributed by atoms with Gasteiger partial charge in [-0.3, -0.25) is 14.4 Å². The van der Waals surface area contributed by atoms with Gasteiger partial charge in [0.2, 0.25) is 11.8 Å². The van der Waals surface area contributed by atoms with E-state index in [1.807, 2.05) is 35.2 Å². The first kappa shape index (κ1) is 32.7. The molecular formula is C36H49N3O6Si. The number of nitrogens with zero attached hydrogens (tertiary/aromatic N) is 3. The topological polar surface area (TPSA) is 99.6 Å². The second-order valence-electron chi connectivity index (χ2n) is 14.2. The Morgan fingerprint density at radius 1 is 1.04 bits per heavy atom. The summed E-state index contributed by atoms with van der Waals surface area (Å²) in [6.45, 7) is 7.96. The molecule has 5 atom stereocenters. The number of hydrogen-bond acceptors (Lipinski definition) is 6. The van der Waals surface area contributed by atoms with Gasteiger partial charge in [0.15, 0.2) is 5.60 Å². The van der Waals surface area contributed by atoms with E-state index in [2.05, 4.69) is 32.2 Å². The Bertz CT molecular complexity index is 1480. The molecule has 9 nitrogen and oxygen atoms in total. The smallest absolute Gasteiger partial charge is 0.264 e. The maximum Gasteiger partial charge on any atom is 0.264 e. The van der Waals surface area contributed by atoms with Crippen molar-refractivity contribution in [2.75, 3.05) is 43.7 Å². The third kappa shape index (κ3) is 5.36. The minimum Gasteiger partial charge on any atom is -0.497 e. The van der Waals surface area contributed by atoms with Crippen LogP contribution in [0, 0.1) is 5.92 Å². The van der Waals surface area contributed by atoms with Gasteiger partial charge >= 0.3 is 0 Å². The highest BCUT2D eigenvalue weighted by Gasteiger charge is 2.66. The van der Waals surface area contributed by atoms with E-state index in [1.165, 1.54) is 5.19 Å². The average Bonchev–Trinajstić information content (AvgIpc) is 3.70. The number of benzene rings is 2. The first-order valence-corrected chi connectivity index (χ1v) is 20.1. The maximum atomic E-state index is 14.5. The van der Waals surface area contributed by atoms with E-state index < -0.39 is 19.8 Å². The van der Waals surface area contributed by atoms with Crippen LogP contribution in [-0.4, -0.2) is 81.8 Å². The Balaban J connectivity index is 1.43. The molecule has 0 saturated carbocycles. The molecule has 2 aromatic rings. The molecule has 4 heterocycles. The predicted molar refractivity (Wildman–Crippen MR) is 181 cm³/mol. The van der Waals surface area contributed by atoms with Gasteiger partial charge in [-0.15, -0.1) is 0 Å². The Kier molecular flexibility index (Phi) is 9.08. The van der Waals surface area contributed by atoms with E-state index in [1.54, 1.807) is 24.0 Å². The summed E-state index contributed by atoms with van der Waals surface area (Å²) in [6.07, 6.45) is 5.83. The van der Waals surface area contributed by atoms with Crippen molar-refractivity contribution in [1.82, 2.24) is 4.90 Å². The number of aliphatic hydroxyl groups is 1. The first-order valence-electron chi connectivity index (χ1n) is 17.0. The van der Waals surface area contributed by atoms with Gasteiger partial charge in [0.05, 0.1) is 46.0 Å². The van der Waals surface area contributed by atoms with Gasteiger partial charge in [0.1, 0.15) is 5.75 Å². The van der Waals surface area contributed by atoms with Gasteiger partial charge < -0.3 is 29.3 Å². The fourth-order valence-electron chi connectivity index (χ4n) is 8.85. The molecule has 3 fully saturated rings. The lowest BCUT2D eigenvalue weighted by Gasteiger charge is -2.37. The lowest BCUT2D eigenvalue weighted by molar-refractivity contribution is -0.149. The normalized spacial score (nSPS) is 28.5. The van der Waals surface area contributed by atoms with Crippen LogP contribution in [0.1, 0.15) is 63.9 Å². The van der Waals surface area contributed by atoms with E-state index >= 15 is 0 Å². The van der Waals surface area contributed by atoms with Crippen molar-refractivity contribution in [1.29, 1.82) is 0 Å². The van der Waals surface area contributed by atoms with E-state index in [9.17, 15) is 19.5 Å². The zero-order valence-corrected chi connectivity index (χ0v) is 29.0. The summed E-state index contributed by atoms with van der Waals surface area (Å²) in [7, 11) is 1.04. The minimum absolute atomic E-state index is 0.0330. The fourth-order valence-corrected chi connectivity index (χ4v) is 12.9. The van der Waals surface area contributed by atoms with Crippen LogP contribution in [-0.2, 0) is 24.7 Å². The zero-order valence-electron chi connectivity index (χ0n) is 28.0. The van der Waals surface area contributed by atoms with Crippen LogP contribution >= 0.6 is 0 Å². The molecule has 0 unspecified atom stereocenters. The number of aliphatic hydroxyl groups excluding tert-OH is 1. The van der Waals surface area contributed by atoms with Gasteiger partial charge in [0.25, 0.3) is 5.91 Å². The van der Waals surface area contributed by atoms with Crippen molar-refractivity contribution in [3.05, 3.63) is 48.0 Å². The number of likely N-dealkylation sites (N-methyl/N-ethyl adjacent to an activating group) is 1. The molecule has 46 heavy (non-hydrogen) atoms. The molecule has 6 rings (SSSR count). The number of rotatable bonds is 7. The van der Waals surface area contributed by atoms with Gasteiger partial charge in [-0.05, 0) is 61.6 Å². The van der Waals surface area contributed by atoms with Crippen LogP contribution in [0.25, 0.3) is 0 Å². The van der Waals surface area contributed by atoms with Crippen LogP contribution in [0.5, 0.6) is 5.75 Å². The number of methoxy groups -OCH3 is 1. The Morgan fingerprint density at radius 3 is 2.50 bits per heavy atom. The highest BCUT2D eigenvalue weighted by atomic mass is 28.3. The van der Waals surface area contributed by atoms with Gasteiger partial charge in [-0.1, -0.05) is 50.2 Å². The van der Waals surface area contributed by atoms with Crippen molar-refractivity contribution >= 4 is 42.4 Å². The van der Waals surface area contributed by atoms with Gasteiger partial charge in [-0.25, -0.2) is 0 Å². The first-order chi connectivity index (χ1) is 22.0. The van der Waals surface area contributed by atoms with Crippen molar-refractivity contribution in [2.24, 2.45) is 5.92 Å². The largest absolute Gasteiger partial charge is 0.497 e. The molecule has 1 N–H and O–H groups in total. The quantitative estimate of drug-likeness (QED) is 0.443. The van der Waals surface area contributed by atoms with Crippen LogP contribution < -0.4 is 19.7 Å². The second-order valence-corrected chi connectivity index (χ2v) is 18.9. The molecule has 1 spiro atoms. The number of carbonyl (C=O) groups is 3. The van der Waals surface area contributed by atoms with Crippen molar-refractivity contribution in [3.63, 3.8) is 0 Å². The number of amides is 3. The SMILES string of the molecule is COc1ccc([Si](C)(C)[C@H]2[C@H](CC(=O)N3CCC[C@H]3CO)O[C@@]3(C(=O)N(C)c4ccc(N5CCCCCCC5=O)cc43)[C@@H]2C)cc1. The molecule has 10 heteroatoms. The highest BCUT2D eigenvalue weighted by Crippen LogP contribution is 2.60. The van der Waals surface area contributed by atoms with Crippen molar-refractivity contribution < 1.29 is 29.0 Å². The summed E-state index contributed by atoms with van der Waals surface area (Å²) in [6, 6.07) is 13.9. The molecule has 4 aliphatic heterocycles.